The van der Waals surface area contributed by atoms with Gasteiger partial charge in [-0.2, -0.15) is 17.4 Å². The average molecular weight is 286 g/mol. The van der Waals surface area contributed by atoms with Gasteiger partial charge in [0.15, 0.2) is 0 Å². The molecule has 0 aromatic carbocycles. The maximum atomic E-state index is 12.3. The summed E-state index contributed by atoms with van der Waals surface area (Å²) in [5.41, 5.74) is 0. The first-order valence-corrected chi connectivity index (χ1v) is 8.21. The van der Waals surface area contributed by atoms with Gasteiger partial charge in [0.25, 0.3) is 10.2 Å². The predicted molar refractivity (Wildman–Crippen MR) is 73.9 cm³/mol. The van der Waals surface area contributed by atoms with Crippen molar-refractivity contribution in [3.05, 3.63) is 24.2 Å². The molecule has 108 valence electrons. The molecule has 1 aromatic heterocycles. The molecule has 5 nitrogen and oxygen atoms in total. The lowest BCUT2D eigenvalue weighted by Gasteiger charge is -2.31. The maximum Gasteiger partial charge on any atom is 0.279 e. The molecule has 2 rings (SSSR count). The van der Waals surface area contributed by atoms with Gasteiger partial charge in [0, 0.05) is 25.6 Å². The summed E-state index contributed by atoms with van der Waals surface area (Å²) in [6, 6.07) is 3.49. The van der Waals surface area contributed by atoms with Crippen LogP contribution in [0.3, 0.4) is 0 Å². The van der Waals surface area contributed by atoms with Crippen LogP contribution in [0.15, 0.2) is 22.8 Å². The topological polar surface area (TPSA) is 62.6 Å². The second kappa shape index (κ2) is 6.07. The van der Waals surface area contributed by atoms with Gasteiger partial charge in [-0.25, -0.2) is 0 Å². The molecule has 1 aliphatic rings. The van der Waals surface area contributed by atoms with Crippen LogP contribution >= 0.6 is 0 Å². The second-order valence-corrected chi connectivity index (χ2v) is 7.12. The number of hydrogen-bond donors (Lipinski definition) is 1. The highest BCUT2D eigenvalue weighted by atomic mass is 32.2. The third-order valence-corrected chi connectivity index (χ3v) is 5.11. The summed E-state index contributed by atoms with van der Waals surface area (Å²) in [7, 11) is -3.38. The lowest BCUT2D eigenvalue weighted by atomic mass is 10.0. The summed E-state index contributed by atoms with van der Waals surface area (Å²) in [5.74, 6) is 1.23. The standard InChI is InChI=1S/C13H22N2O3S/c1-11-5-3-7-15(10-11)19(16,17)14-12(2)9-13-6-4-8-18-13/h4,6,8,11-12,14H,3,5,7,9-10H2,1-2H3/t11-,12+/m1/s1. The quantitative estimate of drug-likeness (QED) is 0.897. The van der Waals surface area contributed by atoms with Crippen LogP contribution in [-0.4, -0.2) is 31.9 Å². The maximum absolute atomic E-state index is 12.3. The van der Waals surface area contributed by atoms with Gasteiger partial charge in [0.2, 0.25) is 0 Å². The van der Waals surface area contributed by atoms with E-state index in [9.17, 15) is 8.42 Å². The zero-order valence-electron chi connectivity index (χ0n) is 11.5. The number of piperidine rings is 1. The Morgan fingerprint density at radius 1 is 1.58 bits per heavy atom. The van der Waals surface area contributed by atoms with Crippen LogP contribution < -0.4 is 4.72 Å². The van der Waals surface area contributed by atoms with E-state index in [0.717, 1.165) is 18.6 Å². The molecule has 6 heteroatoms. The highest BCUT2D eigenvalue weighted by molar-refractivity contribution is 7.87. The van der Waals surface area contributed by atoms with Crippen LogP contribution in [0.4, 0.5) is 0 Å². The van der Waals surface area contributed by atoms with E-state index in [4.69, 9.17) is 4.42 Å². The minimum atomic E-state index is -3.38. The Labute approximate surface area is 115 Å². The van der Waals surface area contributed by atoms with Crippen molar-refractivity contribution in [2.45, 2.75) is 39.2 Å². The van der Waals surface area contributed by atoms with E-state index in [1.807, 2.05) is 19.1 Å². The smallest absolute Gasteiger partial charge is 0.279 e. The summed E-state index contributed by atoms with van der Waals surface area (Å²) in [6.07, 6.45) is 4.21. The van der Waals surface area contributed by atoms with E-state index in [0.29, 0.717) is 25.4 Å². The van der Waals surface area contributed by atoms with Crippen molar-refractivity contribution in [3.63, 3.8) is 0 Å². The molecule has 2 atom stereocenters. The van der Waals surface area contributed by atoms with Gasteiger partial charge in [-0.15, -0.1) is 0 Å². The number of nitrogens with one attached hydrogen (secondary N) is 1. The Kier molecular flexibility index (Phi) is 4.65. The normalized spacial score (nSPS) is 23.4. The molecule has 0 unspecified atom stereocenters. The lowest BCUT2D eigenvalue weighted by Crippen LogP contribution is -2.48. The van der Waals surface area contributed by atoms with Crippen molar-refractivity contribution in [2.75, 3.05) is 13.1 Å². The van der Waals surface area contributed by atoms with Gasteiger partial charge in [-0.05, 0) is 37.8 Å². The predicted octanol–water partition coefficient (Wildman–Crippen LogP) is 1.78. The fraction of sp³-hybridized carbons (Fsp3) is 0.692. The van der Waals surface area contributed by atoms with Crippen molar-refractivity contribution in [1.29, 1.82) is 0 Å². The molecule has 0 aliphatic carbocycles. The van der Waals surface area contributed by atoms with E-state index in [1.54, 1.807) is 10.6 Å². The summed E-state index contributed by atoms with van der Waals surface area (Å²) >= 11 is 0. The zero-order chi connectivity index (χ0) is 13.9. The molecule has 1 aliphatic heterocycles. The van der Waals surface area contributed by atoms with E-state index in [1.165, 1.54) is 0 Å². The largest absolute Gasteiger partial charge is 0.469 e. The van der Waals surface area contributed by atoms with Crippen molar-refractivity contribution in [1.82, 2.24) is 9.03 Å². The van der Waals surface area contributed by atoms with Crippen molar-refractivity contribution in [2.24, 2.45) is 5.92 Å². The summed E-state index contributed by atoms with van der Waals surface area (Å²) in [5, 5.41) is 0. The van der Waals surface area contributed by atoms with E-state index in [2.05, 4.69) is 11.6 Å². The third kappa shape index (κ3) is 4.06. The molecule has 0 radical (unpaired) electrons. The molecule has 0 amide bonds. The van der Waals surface area contributed by atoms with Crippen molar-refractivity contribution < 1.29 is 12.8 Å². The summed E-state index contributed by atoms with van der Waals surface area (Å²) in [6.45, 7) is 5.18. The SMILES string of the molecule is C[C@@H]1CCCN(S(=O)(=O)N[C@@H](C)Cc2ccco2)C1. The first-order valence-electron chi connectivity index (χ1n) is 6.77. The minimum absolute atomic E-state index is 0.173. The van der Waals surface area contributed by atoms with Gasteiger partial charge in [0.05, 0.1) is 6.26 Å². The molecule has 1 aromatic rings. The number of rotatable bonds is 5. The van der Waals surface area contributed by atoms with Crippen LogP contribution in [0.25, 0.3) is 0 Å². The fourth-order valence-corrected chi connectivity index (χ4v) is 4.03. The van der Waals surface area contributed by atoms with Gasteiger partial charge in [0.1, 0.15) is 5.76 Å². The first kappa shape index (κ1) is 14.6. The molecule has 2 heterocycles. The van der Waals surface area contributed by atoms with Gasteiger partial charge >= 0.3 is 0 Å². The van der Waals surface area contributed by atoms with Crippen LogP contribution in [0.2, 0.25) is 0 Å². The highest BCUT2D eigenvalue weighted by Gasteiger charge is 2.28. The summed E-state index contributed by atoms with van der Waals surface area (Å²) in [4.78, 5) is 0. The lowest BCUT2D eigenvalue weighted by molar-refractivity contribution is 0.276. The Balaban J connectivity index is 1.92. The van der Waals surface area contributed by atoms with E-state index in [-0.39, 0.29) is 6.04 Å². The van der Waals surface area contributed by atoms with Gasteiger partial charge in [-0.1, -0.05) is 6.92 Å². The zero-order valence-corrected chi connectivity index (χ0v) is 12.3. The fourth-order valence-electron chi connectivity index (χ4n) is 2.47. The van der Waals surface area contributed by atoms with E-state index < -0.39 is 10.2 Å². The molecular formula is C13H22N2O3S. The first-order chi connectivity index (χ1) is 8.97. The second-order valence-electron chi connectivity index (χ2n) is 5.41. The number of hydrogen-bond acceptors (Lipinski definition) is 3. The molecule has 19 heavy (non-hydrogen) atoms. The minimum Gasteiger partial charge on any atom is -0.469 e. The molecule has 1 saturated heterocycles. The Bertz CT molecular complexity index is 484. The summed E-state index contributed by atoms with van der Waals surface area (Å²) < 4.78 is 34.0. The van der Waals surface area contributed by atoms with Gasteiger partial charge < -0.3 is 4.42 Å². The van der Waals surface area contributed by atoms with Gasteiger partial charge in [-0.3, -0.25) is 0 Å². The Morgan fingerprint density at radius 3 is 3.00 bits per heavy atom. The van der Waals surface area contributed by atoms with Crippen molar-refractivity contribution >= 4 is 10.2 Å². The third-order valence-electron chi connectivity index (χ3n) is 3.40. The number of nitrogens with zero attached hydrogens (tertiary/aromatic N) is 1. The molecule has 0 spiro atoms. The Hall–Kier alpha value is -0.850. The molecule has 1 N–H and O–H groups in total. The molecule has 1 fully saturated rings. The van der Waals surface area contributed by atoms with Crippen LogP contribution in [-0.2, 0) is 16.6 Å². The van der Waals surface area contributed by atoms with Crippen LogP contribution in [0.1, 0.15) is 32.4 Å². The molecule has 0 saturated carbocycles. The van der Waals surface area contributed by atoms with E-state index >= 15 is 0 Å². The molecular weight excluding hydrogens is 264 g/mol. The van der Waals surface area contributed by atoms with Crippen molar-refractivity contribution in [3.8, 4) is 0 Å². The molecule has 0 bridgehead atoms. The van der Waals surface area contributed by atoms with Crippen LogP contribution in [0.5, 0.6) is 0 Å². The monoisotopic (exact) mass is 286 g/mol. The highest BCUT2D eigenvalue weighted by Crippen LogP contribution is 2.18. The Morgan fingerprint density at radius 2 is 2.37 bits per heavy atom. The number of furan rings is 1. The average Bonchev–Trinajstić information content (AvgIpc) is 2.81. The van der Waals surface area contributed by atoms with Crippen LogP contribution in [0, 0.1) is 5.92 Å².